The van der Waals surface area contributed by atoms with Gasteiger partial charge in [-0.15, -0.1) is 0 Å². The van der Waals surface area contributed by atoms with Crippen LogP contribution in [0.5, 0.6) is 0 Å². The van der Waals surface area contributed by atoms with Gasteiger partial charge in [-0.2, -0.15) is 0 Å². The zero-order chi connectivity index (χ0) is 31.9. The van der Waals surface area contributed by atoms with Crippen molar-refractivity contribution in [2.24, 2.45) is 0 Å². The topological polar surface area (TPSA) is 25.8 Å². The lowest BCUT2D eigenvalue weighted by atomic mass is 9.68. The molecule has 2 nitrogen and oxygen atoms in total. The first-order valence-electron chi connectivity index (χ1n) is 17.2. The molecule has 0 atom stereocenters. The molecular weight excluding hydrogens is 581 g/mol. The Morgan fingerprint density at radius 2 is 0.875 bits per heavy atom. The van der Waals surface area contributed by atoms with Gasteiger partial charge in [0, 0.05) is 22.1 Å². The molecule has 0 N–H and O–H groups in total. The fourth-order valence-electron chi connectivity index (χ4n) is 8.18. The van der Waals surface area contributed by atoms with Crippen molar-refractivity contribution in [1.82, 2.24) is 9.97 Å². The average Bonchev–Trinajstić information content (AvgIpc) is 3.44. The summed E-state index contributed by atoms with van der Waals surface area (Å²) < 4.78 is 0. The molecule has 0 aliphatic heterocycles. The van der Waals surface area contributed by atoms with Crippen LogP contribution < -0.4 is 0 Å². The molecule has 0 bridgehead atoms. The Balaban J connectivity index is 1.05. The van der Waals surface area contributed by atoms with Crippen LogP contribution in [0.1, 0.15) is 43.2 Å². The molecule has 1 fully saturated rings. The second kappa shape index (κ2) is 11.9. The standard InChI is InChI=1S/C46H36N2/c1-4-13-35(14-5-1)42-31-43(36-15-6-2-7-16-36)48-45(47-42)37-27-23-33(24-28-37)32-21-25-34(26-22-32)38-18-12-20-41-44(38)39-17-8-9-19-40(39)46(41)29-10-3-11-30-46/h1-2,4-9,12-28,31H,3,10-11,29-30H2. The monoisotopic (exact) mass is 616 g/mol. The molecule has 48 heavy (non-hydrogen) atoms. The highest BCUT2D eigenvalue weighted by Gasteiger charge is 2.44. The van der Waals surface area contributed by atoms with Crippen LogP contribution in [0.25, 0.3) is 67.3 Å². The summed E-state index contributed by atoms with van der Waals surface area (Å²) in [6.07, 6.45) is 6.48. The lowest BCUT2D eigenvalue weighted by Crippen LogP contribution is -2.27. The van der Waals surface area contributed by atoms with Gasteiger partial charge in [-0.1, -0.05) is 171 Å². The van der Waals surface area contributed by atoms with E-state index in [-0.39, 0.29) is 5.41 Å². The third-order valence-corrected chi connectivity index (χ3v) is 10.5. The van der Waals surface area contributed by atoms with Crippen LogP contribution in [-0.4, -0.2) is 9.97 Å². The number of hydrogen-bond acceptors (Lipinski definition) is 2. The van der Waals surface area contributed by atoms with Crippen molar-refractivity contribution in [3.05, 3.63) is 169 Å². The smallest absolute Gasteiger partial charge is 0.160 e. The molecule has 1 spiro atoms. The molecule has 0 radical (unpaired) electrons. The SMILES string of the molecule is c1ccc(-c2cc(-c3ccccc3)nc(-c3ccc(-c4ccc(-c5cccc6c5-c5ccccc5C65CCCCC5)cc4)cc3)n2)cc1. The molecule has 6 aromatic carbocycles. The Morgan fingerprint density at radius 1 is 0.375 bits per heavy atom. The minimum atomic E-state index is 0.175. The maximum Gasteiger partial charge on any atom is 0.160 e. The van der Waals surface area contributed by atoms with Crippen molar-refractivity contribution in [1.29, 1.82) is 0 Å². The van der Waals surface area contributed by atoms with E-state index in [0.717, 1.165) is 33.9 Å². The Labute approximate surface area is 282 Å². The van der Waals surface area contributed by atoms with Crippen LogP contribution >= 0.6 is 0 Å². The predicted octanol–water partition coefficient (Wildman–Crippen LogP) is 12.0. The van der Waals surface area contributed by atoms with Crippen molar-refractivity contribution in [2.75, 3.05) is 0 Å². The summed E-state index contributed by atoms with van der Waals surface area (Å²) in [7, 11) is 0. The lowest BCUT2D eigenvalue weighted by Gasteiger charge is -2.36. The van der Waals surface area contributed by atoms with Crippen LogP contribution in [0.4, 0.5) is 0 Å². The Hall–Kier alpha value is -5.60. The van der Waals surface area contributed by atoms with Gasteiger partial charge in [0.05, 0.1) is 11.4 Å². The summed E-state index contributed by atoms with van der Waals surface area (Å²) in [5.41, 5.74) is 16.1. The van der Waals surface area contributed by atoms with E-state index in [1.54, 1.807) is 0 Å². The third-order valence-electron chi connectivity index (χ3n) is 10.5. The zero-order valence-corrected chi connectivity index (χ0v) is 26.9. The summed E-state index contributed by atoms with van der Waals surface area (Å²) >= 11 is 0. The average molecular weight is 617 g/mol. The van der Waals surface area contributed by atoms with Gasteiger partial charge in [-0.25, -0.2) is 9.97 Å². The Bertz CT molecular complexity index is 2170. The van der Waals surface area contributed by atoms with E-state index in [2.05, 4.69) is 146 Å². The van der Waals surface area contributed by atoms with Gasteiger partial charge in [-0.3, -0.25) is 0 Å². The van der Waals surface area contributed by atoms with Crippen LogP contribution in [0.15, 0.2) is 158 Å². The molecule has 9 rings (SSSR count). The molecule has 0 unspecified atom stereocenters. The van der Waals surface area contributed by atoms with Crippen LogP contribution in [0, 0.1) is 0 Å². The van der Waals surface area contributed by atoms with E-state index in [4.69, 9.17) is 9.97 Å². The summed E-state index contributed by atoms with van der Waals surface area (Å²) in [6.45, 7) is 0. The second-order valence-corrected chi connectivity index (χ2v) is 13.3. The van der Waals surface area contributed by atoms with E-state index in [0.29, 0.717) is 0 Å². The largest absolute Gasteiger partial charge is 0.228 e. The number of benzene rings is 6. The van der Waals surface area contributed by atoms with Crippen LogP contribution in [0.2, 0.25) is 0 Å². The normalized spacial score (nSPS) is 14.4. The van der Waals surface area contributed by atoms with E-state index < -0.39 is 0 Å². The molecule has 2 aliphatic carbocycles. The van der Waals surface area contributed by atoms with Crippen LogP contribution in [0.3, 0.4) is 0 Å². The molecule has 2 heteroatoms. The number of rotatable bonds is 5. The van der Waals surface area contributed by atoms with Crippen molar-refractivity contribution >= 4 is 0 Å². The Kier molecular flexibility index (Phi) is 7.08. The maximum absolute atomic E-state index is 5.01. The fourth-order valence-corrected chi connectivity index (χ4v) is 8.18. The van der Waals surface area contributed by atoms with Gasteiger partial charge in [0.1, 0.15) is 0 Å². The second-order valence-electron chi connectivity index (χ2n) is 13.3. The van der Waals surface area contributed by atoms with Crippen molar-refractivity contribution in [3.63, 3.8) is 0 Å². The Morgan fingerprint density at radius 3 is 1.50 bits per heavy atom. The quantitative estimate of drug-likeness (QED) is 0.192. The van der Waals surface area contributed by atoms with Crippen molar-refractivity contribution in [2.45, 2.75) is 37.5 Å². The number of aromatic nitrogens is 2. The molecule has 1 aromatic heterocycles. The van der Waals surface area contributed by atoms with Crippen molar-refractivity contribution in [3.8, 4) is 67.3 Å². The maximum atomic E-state index is 5.01. The first-order chi connectivity index (χ1) is 23.8. The minimum absolute atomic E-state index is 0.175. The third kappa shape index (κ3) is 4.88. The van der Waals surface area contributed by atoms with Gasteiger partial charge < -0.3 is 0 Å². The molecule has 1 heterocycles. The predicted molar refractivity (Wildman–Crippen MR) is 199 cm³/mol. The van der Waals surface area contributed by atoms with Crippen molar-refractivity contribution < 1.29 is 0 Å². The van der Waals surface area contributed by atoms with E-state index >= 15 is 0 Å². The van der Waals surface area contributed by atoms with E-state index in [1.807, 2.05) is 12.1 Å². The first kappa shape index (κ1) is 28.6. The van der Waals surface area contributed by atoms with E-state index in [9.17, 15) is 0 Å². The van der Waals surface area contributed by atoms with Gasteiger partial charge >= 0.3 is 0 Å². The molecule has 0 amide bonds. The number of fused-ring (bicyclic) bond motifs is 5. The van der Waals surface area contributed by atoms with E-state index in [1.165, 1.54) is 76.6 Å². The van der Waals surface area contributed by atoms with Crippen LogP contribution in [-0.2, 0) is 5.41 Å². The highest BCUT2D eigenvalue weighted by atomic mass is 14.9. The molecule has 0 saturated heterocycles. The minimum Gasteiger partial charge on any atom is -0.228 e. The number of hydrogen-bond donors (Lipinski definition) is 0. The highest BCUT2D eigenvalue weighted by Crippen LogP contribution is 2.57. The molecule has 1 saturated carbocycles. The highest BCUT2D eigenvalue weighted by molar-refractivity contribution is 5.93. The fraction of sp³-hybridized carbons (Fsp3) is 0.130. The van der Waals surface area contributed by atoms with Gasteiger partial charge in [0.25, 0.3) is 0 Å². The van der Waals surface area contributed by atoms with Gasteiger partial charge in [0.2, 0.25) is 0 Å². The number of nitrogens with zero attached hydrogens (tertiary/aromatic N) is 2. The summed E-state index contributed by atoms with van der Waals surface area (Å²) in [5.74, 6) is 0.728. The zero-order valence-electron chi connectivity index (χ0n) is 26.9. The summed E-state index contributed by atoms with van der Waals surface area (Å²) in [6, 6.07) is 56.7. The summed E-state index contributed by atoms with van der Waals surface area (Å²) in [5, 5.41) is 0. The molecular formula is C46H36N2. The molecule has 7 aromatic rings. The van der Waals surface area contributed by atoms with Gasteiger partial charge in [-0.05, 0) is 63.4 Å². The first-order valence-corrected chi connectivity index (χ1v) is 17.2. The molecule has 2 aliphatic rings. The van der Waals surface area contributed by atoms with Gasteiger partial charge in [0.15, 0.2) is 5.82 Å². The lowest BCUT2D eigenvalue weighted by molar-refractivity contribution is 0.353. The molecule has 230 valence electrons. The summed E-state index contributed by atoms with van der Waals surface area (Å²) in [4.78, 5) is 10.0.